The molecule has 0 aliphatic carbocycles. The maximum absolute atomic E-state index is 12.7. The van der Waals surface area contributed by atoms with E-state index >= 15 is 0 Å². The number of hydrogen-bond donors (Lipinski definition) is 2. The molecule has 2 fully saturated rings. The van der Waals surface area contributed by atoms with Crippen molar-refractivity contribution in [1.29, 1.82) is 0 Å². The number of hydrogen-bond acceptors (Lipinski definition) is 6. The van der Waals surface area contributed by atoms with Crippen molar-refractivity contribution < 1.29 is 22.6 Å². The molecule has 2 aliphatic rings. The highest BCUT2D eigenvalue weighted by Gasteiger charge is 2.34. The summed E-state index contributed by atoms with van der Waals surface area (Å²) < 4.78 is 49.0. The standard InChI is InChI=1S/C17H26F3N5O2S/c1-21-16(23-9-15-24-14(11-28-15)17(18,19)20)22-8-13(12-2-5-27-10-12)25-3-6-26-7-4-25/h11-13H,2-10H2,1H3,(H2,21,22,23). The van der Waals surface area contributed by atoms with Gasteiger partial charge in [0.15, 0.2) is 11.7 Å². The Morgan fingerprint density at radius 2 is 2.11 bits per heavy atom. The highest BCUT2D eigenvalue weighted by atomic mass is 32.1. The molecule has 3 rings (SSSR count). The molecule has 2 N–H and O–H groups in total. The third-order valence-corrected chi connectivity index (χ3v) is 5.82. The average Bonchev–Trinajstić information content (AvgIpc) is 3.37. The molecule has 2 atom stereocenters. The molecule has 7 nitrogen and oxygen atoms in total. The number of nitrogens with one attached hydrogen (secondary N) is 2. The summed E-state index contributed by atoms with van der Waals surface area (Å²) in [5.74, 6) is 0.984. The van der Waals surface area contributed by atoms with Crippen LogP contribution in [0.5, 0.6) is 0 Å². The lowest BCUT2D eigenvalue weighted by Gasteiger charge is -2.37. The topological polar surface area (TPSA) is 71.0 Å². The van der Waals surface area contributed by atoms with Crippen LogP contribution >= 0.6 is 11.3 Å². The van der Waals surface area contributed by atoms with Crippen LogP contribution in [0.3, 0.4) is 0 Å². The van der Waals surface area contributed by atoms with E-state index in [0.717, 1.165) is 62.7 Å². The van der Waals surface area contributed by atoms with Gasteiger partial charge in [0, 0.05) is 50.6 Å². The van der Waals surface area contributed by atoms with E-state index in [1.165, 1.54) is 0 Å². The second-order valence-electron chi connectivity index (χ2n) is 6.77. The molecule has 1 aromatic heterocycles. The monoisotopic (exact) mass is 421 g/mol. The van der Waals surface area contributed by atoms with E-state index in [9.17, 15) is 13.2 Å². The molecule has 11 heteroatoms. The van der Waals surface area contributed by atoms with E-state index in [1.807, 2.05) is 0 Å². The van der Waals surface area contributed by atoms with Crippen molar-refractivity contribution in [2.24, 2.45) is 10.9 Å². The highest BCUT2D eigenvalue weighted by Crippen LogP contribution is 2.29. The van der Waals surface area contributed by atoms with Crippen molar-refractivity contribution >= 4 is 17.3 Å². The summed E-state index contributed by atoms with van der Waals surface area (Å²) in [6, 6.07) is 0.293. The summed E-state index contributed by atoms with van der Waals surface area (Å²) in [4.78, 5) is 10.2. The van der Waals surface area contributed by atoms with Gasteiger partial charge in [0.2, 0.25) is 0 Å². The predicted octanol–water partition coefficient (Wildman–Crippen LogP) is 1.56. The lowest BCUT2D eigenvalue weighted by Crippen LogP contribution is -2.53. The first-order chi connectivity index (χ1) is 13.5. The lowest BCUT2D eigenvalue weighted by molar-refractivity contribution is -0.140. The average molecular weight is 421 g/mol. The Morgan fingerprint density at radius 3 is 2.71 bits per heavy atom. The summed E-state index contributed by atoms with van der Waals surface area (Å²) in [6.07, 6.45) is -3.39. The fourth-order valence-corrected chi connectivity index (χ4v) is 4.20. The molecule has 1 aromatic rings. The molecule has 158 valence electrons. The fourth-order valence-electron chi connectivity index (χ4n) is 3.46. The van der Waals surface area contributed by atoms with E-state index in [1.54, 1.807) is 7.05 Å². The van der Waals surface area contributed by atoms with Crippen LogP contribution in [-0.2, 0) is 22.2 Å². The van der Waals surface area contributed by atoms with Gasteiger partial charge in [0.05, 0.1) is 26.4 Å². The van der Waals surface area contributed by atoms with Gasteiger partial charge in [-0.1, -0.05) is 0 Å². The van der Waals surface area contributed by atoms with Crippen molar-refractivity contribution in [3.8, 4) is 0 Å². The van der Waals surface area contributed by atoms with Crippen LogP contribution in [0.2, 0.25) is 0 Å². The second kappa shape index (κ2) is 9.86. The minimum absolute atomic E-state index is 0.190. The molecule has 0 saturated carbocycles. The van der Waals surface area contributed by atoms with Gasteiger partial charge in [-0.2, -0.15) is 13.2 Å². The lowest BCUT2D eigenvalue weighted by atomic mass is 9.97. The first kappa shape index (κ1) is 21.3. The maximum Gasteiger partial charge on any atom is 0.434 e. The molecule has 2 unspecified atom stereocenters. The molecule has 28 heavy (non-hydrogen) atoms. The Hall–Kier alpha value is -1.43. The van der Waals surface area contributed by atoms with E-state index in [-0.39, 0.29) is 6.54 Å². The third kappa shape index (κ3) is 5.79. The zero-order valence-electron chi connectivity index (χ0n) is 15.8. The van der Waals surface area contributed by atoms with E-state index < -0.39 is 11.9 Å². The van der Waals surface area contributed by atoms with Gasteiger partial charge in [-0.05, 0) is 6.42 Å². The van der Waals surface area contributed by atoms with Crippen LogP contribution in [0.15, 0.2) is 10.4 Å². The van der Waals surface area contributed by atoms with Gasteiger partial charge in [-0.3, -0.25) is 9.89 Å². The van der Waals surface area contributed by atoms with Crippen molar-refractivity contribution in [3.05, 3.63) is 16.1 Å². The van der Waals surface area contributed by atoms with Crippen LogP contribution in [0.1, 0.15) is 17.1 Å². The Morgan fingerprint density at radius 1 is 1.32 bits per heavy atom. The van der Waals surface area contributed by atoms with Crippen LogP contribution in [0, 0.1) is 5.92 Å². The molecule has 0 radical (unpaired) electrons. The zero-order valence-corrected chi connectivity index (χ0v) is 16.6. The van der Waals surface area contributed by atoms with Crippen LogP contribution < -0.4 is 10.6 Å². The van der Waals surface area contributed by atoms with Crippen LogP contribution in [0.25, 0.3) is 0 Å². The maximum atomic E-state index is 12.7. The van der Waals surface area contributed by atoms with Gasteiger partial charge in [0.25, 0.3) is 0 Å². The highest BCUT2D eigenvalue weighted by molar-refractivity contribution is 7.09. The van der Waals surface area contributed by atoms with Crippen molar-refractivity contribution in [2.75, 3.05) is 53.1 Å². The van der Waals surface area contributed by atoms with Crippen molar-refractivity contribution in [1.82, 2.24) is 20.5 Å². The van der Waals surface area contributed by atoms with Crippen LogP contribution in [0.4, 0.5) is 13.2 Å². The van der Waals surface area contributed by atoms with Gasteiger partial charge < -0.3 is 20.1 Å². The number of morpholine rings is 1. The Bertz CT molecular complexity index is 643. The van der Waals surface area contributed by atoms with E-state index in [0.29, 0.717) is 29.5 Å². The third-order valence-electron chi connectivity index (χ3n) is 4.98. The number of guanidine groups is 1. The minimum Gasteiger partial charge on any atom is -0.381 e. The number of rotatable bonds is 6. The fraction of sp³-hybridized carbons (Fsp3) is 0.765. The second-order valence-corrected chi connectivity index (χ2v) is 7.71. The number of alkyl halides is 3. The predicted molar refractivity (Wildman–Crippen MR) is 100 cm³/mol. The Kier molecular flexibility index (Phi) is 7.49. The zero-order chi connectivity index (χ0) is 20.0. The number of aromatic nitrogens is 1. The molecular formula is C17H26F3N5O2S. The Labute approximate surface area is 166 Å². The van der Waals surface area contributed by atoms with Gasteiger partial charge in [0.1, 0.15) is 5.01 Å². The summed E-state index contributed by atoms with van der Waals surface area (Å²) in [6.45, 7) is 5.61. The molecule has 0 amide bonds. The smallest absolute Gasteiger partial charge is 0.381 e. The Balaban J connectivity index is 1.53. The minimum atomic E-state index is -4.41. The molecule has 0 spiro atoms. The number of aliphatic imine (C=N–C) groups is 1. The first-order valence-electron chi connectivity index (χ1n) is 9.33. The number of thiazole rings is 1. The largest absolute Gasteiger partial charge is 0.434 e. The number of ether oxygens (including phenoxy) is 2. The molecular weight excluding hydrogens is 395 g/mol. The molecule has 2 saturated heterocycles. The summed E-state index contributed by atoms with van der Waals surface area (Å²) in [5.41, 5.74) is -0.856. The molecule has 2 aliphatic heterocycles. The van der Waals surface area contributed by atoms with Gasteiger partial charge in [-0.25, -0.2) is 4.98 Å². The normalized spacial score (nSPS) is 23.0. The molecule has 0 bridgehead atoms. The van der Waals surface area contributed by atoms with Crippen LogP contribution in [-0.4, -0.2) is 75.0 Å². The number of nitrogens with zero attached hydrogens (tertiary/aromatic N) is 3. The van der Waals surface area contributed by atoms with Crippen molar-refractivity contribution in [2.45, 2.75) is 25.2 Å². The summed E-state index contributed by atoms with van der Waals surface area (Å²) in [7, 11) is 1.64. The first-order valence-corrected chi connectivity index (χ1v) is 10.2. The quantitative estimate of drug-likeness (QED) is 0.537. The van der Waals surface area contributed by atoms with E-state index in [2.05, 4.69) is 25.5 Å². The molecule has 3 heterocycles. The number of halogens is 3. The van der Waals surface area contributed by atoms with Crippen molar-refractivity contribution in [3.63, 3.8) is 0 Å². The van der Waals surface area contributed by atoms with E-state index in [4.69, 9.17) is 9.47 Å². The SMILES string of the molecule is CN=C(NCc1nc(C(F)(F)F)cs1)NCC(C1CCOC1)N1CCOCC1. The summed E-state index contributed by atoms with van der Waals surface area (Å²) in [5, 5.41) is 7.75. The summed E-state index contributed by atoms with van der Waals surface area (Å²) >= 11 is 0.981. The van der Waals surface area contributed by atoms with Gasteiger partial charge in [-0.15, -0.1) is 11.3 Å². The molecule has 0 aromatic carbocycles. The van der Waals surface area contributed by atoms with Gasteiger partial charge >= 0.3 is 6.18 Å².